The van der Waals surface area contributed by atoms with Crippen molar-refractivity contribution in [3.8, 4) is 18.1 Å². The van der Waals surface area contributed by atoms with Crippen LogP contribution in [0.25, 0.3) is 0 Å². The largest absolute Gasteiger partial charge is 0.573 e. The van der Waals surface area contributed by atoms with Gasteiger partial charge in [-0.15, -0.1) is 25.5 Å². The topological polar surface area (TPSA) is 9.23 Å². The van der Waals surface area contributed by atoms with E-state index >= 15 is 0 Å². The summed E-state index contributed by atoms with van der Waals surface area (Å²) in [6.45, 7) is 0. The van der Waals surface area contributed by atoms with Crippen LogP contribution in [-0.2, 0) is 0 Å². The molecule has 1 aromatic carbocycles. The lowest BCUT2D eigenvalue weighted by atomic mass is 9.74. The Bertz CT molecular complexity index is 470. The average molecular weight is 282 g/mol. The van der Waals surface area contributed by atoms with Gasteiger partial charge < -0.3 is 4.74 Å². The minimum absolute atomic E-state index is 0.175. The van der Waals surface area contributed by atoms with Crippen molar-refractivity contribution < 1.29 is 17.9 Å². The van der Waals surface area contributed by atoms with Gasteiger partial charge in [-0.1, -0.05) is 25.0 Å². The Morgan fingerprint density at radius 3 is 2.40 bits per heavy atom. The van der Waals surface area contributed by atoms with Crippen molar-refractivity contribution in [3.63, 3.8) is 0 Å². The van der Waals surface area contributed by atoms with E-state index in [9.17, 15) is 13.2 Å². The highest BCUT2D eigenvalue weighted by Gasteiger charge is 2.31. The first kappa shape index (κ1) is 14.8. The lowest BCUT2D eigenvalue weighted by Crippen LogP contribution is -2.18. The van der Waals surface area contributed by atoms with Crippen LogP contribution in [0.2, 0.25) is 0 Å². The number of alkyl halides is 3. The molecule has 20 heavy (non-hydrogen) atoms. The Morgan fingerprint density at radius 1 is 1.15 bits per heavy atom. The summed E-state index contributed by atoms with van der Waals surface area (Å²) >= 11 is 0. The van der Waals surface area contributed by atoms with Crippen molar-refractivity contribution in [3.05, 3.63) is 29.8 Å². The summed E-state index contributed by atoms with van der Waals surface area (Å²) < 4.78 is 40.2. The van der Waals surface area contributed by atoms with Crippen LogP contribution in [0.15, 0.2) is 24.3 Å². The molecular weight excluding hydrogens is 265 g/mol. The number of halogens is 3. The van der Waals surface area contributed by atoms with Crippen LogP contribution < -0.4 is 4.74 Å². The Morgan fingerprint density at radius 2 is 1.80 bits per heavy atom. The third-order valence-corrected chi connectivity index (χ3v) is 3.83. The van der Waals surface area contributed by atoms with E-state index in [1.54, 1.807) is 12.1 Å². The molecule has 0 radical (unpaired) electrons. The molecule has 1 saturated carbocycles. The SMILES string of the molecule is C#CCC1CCCCC1c1ccc(OC(F)(F)F)cc1. The molecule has 2 rings (SSSR count). The molecule has 0 saturated heterocycles. The molecule has 0 heterocycles. The van der Waals surface area contributed by atoms with E-state index in [-0.39, 0.29) is 5.75 Å². The number of benzene rings is 1. The quantitative estimate of drug-likeness (QED) is 0.718. The molecule has 1 aliphatic rings. The molecule has 1 nitrogen and oxygen atoms in total. The highest BCUT2D eigenvalue weighted by molar-refractivity contribution is 5.30. The minimum Gasteiger partial charge on any atom is -0.406 e. The van der Waals surface area contributed by atoms with Gasteiger partial charge in [0.2, 0.25) is 0 Å². The number of hydrogen-bond donors (Lipinski definition) is 0. The van der Waals surface area contributed by atoms with Crippen molar-refractivity contribution in [2.45, 2.75) is 44.4 Å². The van der Waals surface area contributed by atoms with Crippen LogP contribution in [0.5, 0.6) is 5.75 Å². The Balaban J connectivity index is 2.10. The molecular formula is C16H17F3O. The van der Waals surface area contributed by atoms with Crippen LogP contribution in [0.3, 0.4) is 0 Å². The van der Waals surface area contributed by atoms with Gasteiger partial charge in [0.15, 0.2) is 0 Å². The lowest BCUT2D eigenvalue weighted by Gasteiger charge is -2.30. The van der Waals surface area contributed by atoms with Gasteiger partial charge in [0, 0.05) is 6.42 Å². The highest BCUT2D eigenvalue weighted by atomic mass is 19.4. The van der Waals surface area contributed by atoms with Crippen LogP contribution in [0, 0.1) is 18.3 Å². The normalized spacial score (nSPS) is 23.1. The maximum atomic E-state index is 12.1. The van der Waals surface area contributed by atoms with Gasteiger partial charge in [0.05, 0.1) is 0 Å². The summed E-state index contributed by atoms with van der Waals surface area (Å²) in [6.07, 6.45) is 5.95. The molecule has 0 amide bonds. The Hall–Kier alpha value is -1.63. The zero-order chi connectivity index (χ0) is 14.6. The second-order valence-electron chi connectivity index (χ2n) is 5.18. The molecule has 1 aromatic rings. The zero-order valence-corrected chi connectivity index (χ0v) is 11.1. The van der Waals surface area contributed by atoms with Gasteiger partial charge in [-0.05, 0) is 42.4 Å². The lowest BCUT2D eigenvalue weighted by molar-refractivity contribution is -0.274. The summed E-state index contributed by atoms with van der Waals surface area (Å²) in [5.41, 5.74) is 1.06. The number of rotatable bonds is 3. The fraction of sp³-hybridized carbons (Fsp3) is 0.500. The summed E-state index contributed by atoms with van der Waals surface area (Å²) in [6, 6.07) is 6.20. The standard InChI is InChI=1S/C16H17F3O/c1-2-5-12-6-3-4-7-15(12)13-8-10-14(11-9-13)20-16(17,18)19/h1,8-12,15H,3-7H2. The van der Waals surface area contributed by atoms with E-state index in [2.05, 4.69) is 10.7 Å². The van der Waals surface area contributed by atoms with E-state index < -0.39 is 6.36 Å². The molecule has 0 N–H and O–H groups in total. The average Bonchev–Trinajstić information content (AvgIpc) is 2.39. The minimum atomic E-state index is -4.64. The van der Waals surface area contributed by atoms with E-state index in [1.165, 1.54) is 18.6 Å². The third kappa shape index (κ3) is 3.93. The van der Waals surface area contributed by atoms with Crippen molar-refractivity contribution in [2.75, 3.05) is 0 Å². The van der Waals surface area contributed by atoms with Crippen molar-refractivity contribution in [2.24, 2.45) is 5.92 Å². The van der Waals surface area contributed by atoms with Crippen LogP contribution in [0.4, 0.5) is 13.2 Å². The van der Waals surface area contributed by atoms with E-state index in [0.29, 0.717) is 11.8 Å². The van der Waals surface area contributed by atoms with Gasteiger partial charge in [-0.2, -0.15) is 0 Å². The van der Waals surface area contributed by atoms with Crippen molar-refractivity contribution >= 4 is 0 Å². The number of ether oxygens (including phenoxy) is 1. The second-order valence-corrected chi connectivity index (χ2v) is 5.18. The smallest absolute Gasteiger partial charge is 0.406 e. The maximum Gasteiger partial charge on any atom is 0.573 e. The van der Waals surface area contributed by atoms with Crippen LogP contribution in [-0.4, -0.2) is 6.36 Å². The number of terminal acetylenes is 1. The number of hydrogen-bond acceptors (Lipinski definition) is 1. The predicted molar refractivity (Wildman–Crippen MR) is 71.3 cm³/mol. The summed E-state index contributed by atoms with van der Waals surface area (Å²) in [5, 5.41) is 0. The molecule has 2 atom stereocenters. The molecule has 1 aliphatic carbocycles. The maximum absolute atomic E-state index is 12.1. The Kier molecular flexibility index (Phi) is 4.59. The zero-order valence-electron chi connectivity index (χ0n) is 11.1. The van der Waals surface area contributed by atoms with Gasteiger partial charge in [0.1, 0.15) is 5.75 Å². The van der Waals surface area contributed by atoms with Crippen LogP contribution in [0.1, 0.15) is 43.6 Å². The first-order valence-electron chi connectivity index (χ1n) is 6.79. The van der Waals surface area contributed by atoms with E-state index in [0.717, 1.165) is 31.2 Å². The van der Waals surface area contributed by atoms with E-state index in [1.807, 2.05) is 0 Å². The molecule has 0 bridgehead atoms. The first-order chi connectivity index (χ1) is 9.49. The van der Waals surface area contributed by atoms with Gasteiger partial charge in [-0.3, -0.25) is 0 Å². The van der Waals surface area contributed by atoms with Crippen LogP contribution >= 0.6 is 0 Å². The third-order valence-electron chi connectivity index (χ3n) is 3.83. The molecule has 2 unspecified atom stereocenters. The monoisotopic (exact) mass is 282 g/mol. The van der Waals surface area contributed by atoms with E-state index in [4.69, 9.17) is 6.42 Å². The second kappa shape index (κ2) is 6.21. The molecule has 1 fully saturated rings. The summed E-state index contributed by atoms with van der Waals surface area (Å²) in [4.78, 5) is 0. The first-order valence-corrected chi connectivity index (χ1v) is 6.79. The fourth-order valence-electron chi connectivity index (χ4n) is 2.96. The highest BCUT2D eigenvalue weighted by Crippen LogP contribution is 2.40. The summed E-state index contributed by atoms with van der Waals surface area (Å²) in [5.74, 6) is 3.31. The molecule has 0 spiro atoms. The Labute approximate surface area is 117 Å². The molecule has 0 aliphatic heterocycles. The van der Waals surface area contributed by atoms with Crippen molar-refractivity contribution in [1.29, 1.82) is 0 Å². The molecule has 0 aromatic heterocycles. The van der Waals surface area contributed by atoms with Crippen molar-refractivity contribution in [1.82, 2.24) is 0 Å². The van der Waals surface area contributed by atoms with Gasteiger partial charge in [0.25, 0.3) is 0 Å². The van der Waals surface area contributed by atoms with Gasteiger partial charge in [-0.25, -0.2) is 0 Å². The predicted octanol–water partition coefficient (Wildman–Crippen LogP) is 4.88. The summed E-state index contributed by atoms with van der Waals surface area (Å²) in [7, 11) is 0. The van der Waals surface area contributed by atoms with Gasteiger partial charge >= 0.3 is 6.36 Å². The molecule has 108 valence electrons. The fourth-order valence-corrected chi connectivity index (χ4v) is 2.96. The molecule has 4 heteroatoms.